The lowest BCUT2D eigenvalue weighted by atomic mass is 10.0. The normalized spacial score (nSPS) is 12.2. The van der Waals surface area contributed by atoms with Crippen LogP contribution in [0.1, 0.15) is 26.0 Å². The maximum atomic E-state index is 11.6. The minimum absolute atomic E-state index is 0.167. The lowest BCUT2D eigenvalue weighted by Crippen LogP contribution is -2.43. The maximum Gasteiger partial charge on any atom is 0.326 e. The number of carbonyl (C=O) groups is 2. The van der Waals surface area contributed by atoms with E-state index in [1.807, 2.05) is 13.8 Å². The van der Waals surface area contributed by atoms with Gasteiger partial charge in [0.25, 0.3) is 11.8 Å². The van der Waals surface area contributed by atoms with Crippen molar-refractivity contribution in [1.82, 2.24) is 10.5 Å². The third-order valence-corrected chi connectivity index (χ3v) is 2.30. The molecule has 7 nitrogen and oxygen atoms in total. The monoisotopic (exact) mass is 270 g/mol. The minimum atomic E-state index is -1.06. The summed E-state index contributed by atoms with van der Waals surface area (Å²) >= 11 is 0. The zero-order chi connectivity index (χ0) is 14.4. The van der Waals surface area contributed by atoms with E-state index in [4.69, 9.17) is 14.4 Å². The van der Waals surface area contributed by atoms with E-state index in [0.29, 0.717) is 12.2 Å². The molecule has 0 fully saturated rings. The van der Waals surface area contributed by atoms with Crippen LogP contribution < -0.4 is 10.1 Å². The molecule has 2 N–H and O–H groups in total. The molecule has 1 atom stereocenters. The Bertz CT molecular complexity index is 441. The van der Waals surface area contributed by atoms with Gasteiger partial charge in [-0.25, -0.2) is 4.79 Å². The molecule has 0 radical (unpaired) electrons. The predicted octanol–water partition coefficient (Wildman–Crippen LogP) is 0.977. The van der Waals surface area contributed by atoms with Gasteiger partial charge in [0, 0.05) is 6.07 Å². The number of carboxylic acid groups (broad SMARTS) is 1. The third kappa shape index (κ3) is 5.41. The highest BCUT2D eigenvalue weighted by molar-refractivity contribution is 5.84. The number of hydrogen-bond donors (Lipinski definition) is 2. The Hall–Kier alpha value is -2.05. The summed E-state index contributed by atoms with van der Waals surface area (Å²) in [5, 5.41) is 14.9. The van der Waals surface area contributed by atoms with E-state index in [9.17, 15) is 9.59 Å². The molecule has 0 saturated heterocycles. The first-order valence-corrected chi connectivity index (χ1v) is 5.96. The van der Waals surface area contributed by atoms with Crippen molar-refractivity contribution in [3.8, 4) is 5.88 Å². The molecule has 0 unspecified atom stereocenters. The molecule has 1 aromatic heterocycles. The number of hydrogen-bond acceptors (Lipinski definition) is 5. The van der Waals surface area contributed by atoms with Crippen molar-refractivity contribution < 1.29 is 24.0 Å². The van der Waals surface area contributed by atoms with Crippen molar-refractivity contribution in [3.63, 3.8) is 0 Å². The molecule has 0 aromatic carbocycles. The summed E-state index contributed by atoms with van der Waals surface area (Å²) < 4.78 is 9.83. The van der Waals surface area contributed by atoms with Crippen LogP contribution >= 0.6 is 0 Å². The Balaban J connectivity index is 2.42. The molecule has 0 spiro atoms. The lowest BCUT2D eigenvalue weighted by Gasteiger charge is -2.16. The van der Waals surface area contributed by atoms with Gasteiger partial charge in [-0.1, -0.05) is 13.8 Å². The van der Waals surface area contributed by atoms with Crippen LogP contribution in [0, 0.1) is 12.8 Å². The van der Waals surface area contributed by atoms with Crippen LogP contribution in [0.25, 0.3) is 0 Å². The molecular formula is C12H18N2O5. The molecular weight excluding hydrogens is 252 g/mol. The lowest BCUT2D eigenvalue weighted by molar-refractivity contribution is -0.142. The number of rotatable bonds is 7. The van der Waals surface area contributed by atoms with Crippen LogP contribution in [0.5, 0.6) is 5.88 Å². The molecule has 0 aliphatic rings. The highest BCUT2D eigenvalue weighted by atomic mass is 16.5. The first-order chi connectivity index (χ1) is 8.88. The standard InChI is InChI=1S/C12H18N2O5/c1-7(2)4-9(12(16)17)13-10(15)6-18-11-5-8(3)19-14-11/h5,7,9H,4,6H2,1-3H3,(H,13,15)(H,16,17)/t9-/m0/s1. The quantitative estimate of drug-likeness (QED) is 0.765. The third-order valence-electron chi connectivity index (χ3n) is 2.30. The van der Waals surface area contributed by atoms with Gasteiger partial charge in [0.05, 0.1) is 0 Å². The van der Waals surface area contributed by atoms with Crippen LogP contribution in [0.4, 0.5) is 0 Å². The molecule has 1 amide bonds. The van der Waals surface area contributed by atoms with Gasteiger partial charge in [-0.3, -0.25) is 4.79 Å². The summed E-state index contributed by atoms with van der Waals surface area (Å²) in [5.41, 5.74) is 0. The van der Waals surface area contributed by atoms with Crippen LogP contribution in [0.2, 0.25) is 0 Å². The molecule has 0 bridgehead atoms. The zero-order valence-electron chi connectivity index (χ0n) is 11.2. The number of aliphatic carboxylic acids is 1. The zero-order valence-corrected chi connectivity index (χ0v) is 11.2. The van der Waals surface area contributed by atoms with Crippen LogP contribution in [0.15, 0.2) is 10.6 Å². The van der Waals surface area contributed by atoms with Gasteiger partial charge >= 0.3 is 5.97 Å². The summed E-state index contributed by atoms with van der Waals surface area (Å²) in [5.74, 6) is -0.629. The van der Waals surface area contributed by atoms with Crippen molar-refractivity contribution in [2.24, 2.45) is 5.92 Å². The van der Waals surface area contributed by atoms with Gasteiger partial charge in [0.15, 0.2) is 6.61 Å². The molecule has 1 heterocycles. The van der Waals surface area contributed by atoms with Crippen LogP contribution in [0.3, 0.4) is 0 Å². The molecule has 106 valence electrons. The summed E-state index contributed by atoms with van der Waals surface area (Å²) in [4.78, 5) is 22.5. The van der Waals surface area contributed by atoms with Crippen molar-refractivity contribution in [1.29, 1.82) is 0 Å². The largest absolute Gasteiger partial charge is 0.480 e. The summed E-state index contributed by atoms with van der Waals surface area (Å²) in [7, 11) is 0. The van der Waals surface area contributed by atoms with E-state index in [-0.39, 0.29) is 18.4 Å². The van der Waals surface area contributed by atoms with E-state index in [0.717, 1.165) is 0 Å². The number of amides is 1. The van der Waals surface area contributed by atoms with E-state index in [1.54, 1.807) is 6.92 Å². The Morgan fingerprint density at radius 3 is 2.68 bits per heavy atom. The molecule has 0 aliphatic heterocycles. The highest BCUT2D eigenvalue weighted by Crippen LogP contribution is 2.09. The summed E-state index contributed by atoms with van der Waals surface area (Å²) in [6.45, 7) is 5.17. The molecule has 0 saturated carbocycles. The molecule has 1 aromatic rings. The first kappa shape index (κ1) is 15.0. The smallest absolute Gasteiger partial charge is 0.326 e. The van der Waals surface area contributed by atoms with Crippen LogP contribution in [-0.4, -0.2) is 34.8 Å². The number of aryl methyl sites for hydroxylation is 1. The highest BCUT2D eigenvalue weighted by Gasteiger charge is 2.21. The number of carbonyl (C=O) groups excluding carboxylic acids is 1. The number of carboxylic acids is 1. The maximum absolute atomic E-state index is 11.6. The minimum Gasteiger partial charge on any atom is -0.480 e. The molecule has 0 aliphatic carbocycles. The molecule has 7 heteroatoms. The number of aromatic nitrogens is 1. The van der Waals surface area contributed by atoms with E-state index >= 15 is 0 Å². The topological polar surface area (TPSA) is 102 Å². The van der Waals surface area contributed by atoms with Crippen molar-refractivity contribution in [3.05, 3.63) is 11.8 Å². The fourth-order valence-corrected chi connectivity index (χ4v) is 1.48. The van der Waals surface area contributed by atoms with Gasteiger partial charge in [-0.05, 0) is 24.4 Å². The first-order valence-electron chi connectivity index (χ1n) is 5.96. The number of nitrogens with zero attached hydrogens (tertiary/aromatic N) is 1. The summed E-state index contributed by atoms with van der Waals surface area (Å²) in [6, 6.07) is 0.631. The number of ether oxygens (including phenoxy) is 1. The predicted molar refractivity (Wildman–Crippen MR) is 65.8 cm³/mol. The van der Waals surface area contributed by atoms with E-state index in [2.05, 4.69) is 10.5 Å². The van der Waals surface area contributed by atoms with Gasteiger partial charge in [0.2, 0.25) is 0 Å². The van der Waals surface area contributed by atoms with Gasteiger partial charge in [-0.15, -0.1) is 0 Å². The fourth-order valence-electron chi connectivity index (χ4n) is 1.48. The van der Waals surface area contributed by atoms with Gasteiger partial charge in [-0.2, -0.15) is 0 Å². The Morgan fingerprint density at radius 2 is 2.21 bits per heavy atom. The van der Waals surface area contributed by atoms with E-state index < -0.39 is 17.9 Å². The summed E-state index contributed by atoms with van der Waals surface area (Å²) in [6.07, 6.45) is 0.365. The Morgan fingerprint density at radius 1 is 1.53 bits per heavy atom. The Kier molecular flexibility index (Phi) is 5.35. The molecule has 19 heavy (non-hydrogen) atoms. The van der Waals surface area contributed by atoms with Crippen LogP contribution in [-0.2, 0) is 9.59 Å². The Labute approximate surface area is 110 Å². The second-order valence-corrected chi connectivity index (χ2v) is 4.65. The van der Waals surface area contributed by atoms with Crippen molar-refractivity contribution in [2.45, 2.75) is 33.2 Å². The number of nitrogens with one attached hydrogen (secondary N) is 1. The van der Waals surface area contributed by atoms with Gasteiger partial charge in [0.1, 0.15) is 11.8 Å². The average molecular weight is 270 g/mol. The average Bonchev–Trinajstić information content (AvgIpc) is 2.71. The van der Waals surface area contributed by atoms with Crippen molar-refractivity contribution in [2.75, 3.05) is 6.61 Å². The second kappa shape index (κ2) is 6.77. The second-order valence-electron chi connectivity index (χ2n) is 4.65. The molecule has 1 rings (SSSR count). The van der Waals surface area contributed by atoms with Crippen molar-refractivity contribution >= 4 is 11.9 Å². The van der Waals surface area contributed by atoms with E-state index in [1.165, 1.54) is 6.07 Å². The van der Waals surface area contributed by atoms with Gasteiger partial charge < -0.3 is 19.7 Å². The SMILES string of the molecule is Cc1cc(OCC(=O)N[C@@H](CC(C)C)C(=O)O)no1. The fraction of sp³-hybridized carbons (Fsp3) is 0.583.